The first kappa shape index (κ1) is 14.4. The quantitative estimate of drug-likeness (QED) is 0.616. The fourth-order valence-corrected chi connectivity index (χ4v) is 2.87. The summed E-state index contributed by atoms with van der Waals surface area (Å²) in [6.07, 6.45) is 1.86. The minimum atomic E-state index is 0.733. The predicted molar refractivity (Wildman–Crippen MR) is 91.6 cm³/mol. The highest BCUT2D eigenvalue weighted by molar-refractivity contribution is 9.10. The first-order chi connectivity index (χ1) is 10.1. The zero-order valence-electron chi connectivity index (χ0n) is 11.7. The maximum absolute atomic E-state index is 5.93. The second kappa shape index (κ2) is 5.66. The van der Waals surface area contributed by atoms with Crippen molar-refractivity contribution in [3.05, 3.63) is 63.2 Å². The van der Waals surface area contributed by atoms with E-state index >= 15 is 0 Å². The Kier molecular flexibility index (Phi) is 3.87. The van der Waals surface area contributed by atoms with Gasteiger partial charge in [0.25, 0.3) is 0 Å². The number of hydrogen-bond acceptors (Lipinski definition) is 1. The molecule has 0 amide bonds. The third kappa shape index (κ3) is 2.76. The Hall–Kier alpha value is -1.58. The van der Waals surface area contributed by atoms with Crippen molar-refractivity contribution in [2.45, 2.75) is 13.8 Å². The van der Waals surface area contributed by atoms with Gasteiger partial charge in [0.15, 0.2) is 0 Å². The molecule has 0 atom stereocenters. The number of H-pyrrole nitrogens is 1. The van der Waals surface area contributed by atoms with Crippen LogP contribution in [0.5, 0.6) is 0 Å². The smallest absolute Gasteiger partial charge is 0.138 e. The summed E-state index contributed by atoms with van der Waals surface area (Å²) in [6, 6.07) is 11.9. The topological polar surface area (TPSA) is 28.7 Å². The number of benzene rings is 2. The molecule has 0 aliphatic carbocycles. The van der Waals surface area contributed by atoms with E-state index < -0.39 is 0 Å². The van der Waals surface area contributed by atoms with Gasteiger partial charge in [0, 0.05) is 15.1 Å². The molecule has 2 nitrogen and oxygen atoms in total. The van der Waals surface area contributed by atoms with Crippen LogP contribution in [0.2, 0.25) is 5.02 Å². The van der Waals surface area contributed by atoms with Crippen molar-refractivity contribution in [1.82, 2.24) is 9.97 Å². The molecule has 0 radical (unpaired) electrons. The number of rotatable bonds is 2. The number of aromatic amines is 1. The van der Waals surface area contributed by atoms with Gasteiger partial charge in [-0.3, -0.25) is 0 Å². The van der Waals surface area contributed by atoms with Gasteiger partial charge in [0.1, 0.15) is 5.82 Å². The zero-order valence-corrected chi connectivity index (χ0v) is 14.1. The number of nitrogens with one attached hydrogen (secondary N) is 1. The van der Waals surface area contributed by atoms with E-state index in [0.29, 0.717) is 0 Å². The largest absolute Gasteiger partial charge is 0.338 e. The number of imidazole rings is 1. The Morgan fingerprint density at radius 3 is 2.48 bits per heavy atom. The van der Waals surface area contributed by atoms with E-state index in [2.05, 4.69) is 51.9 Å². The van der Waals surface area contributed by atoms with Crippen LogP contribution in [0, 0.1) is 13.8 Å². The summed E-state index contributed by atoms with van der Waals surface area (Å²) in [5.74, 6) is 0.885. The Morgan fingerprint density at radius 2 is 1.76 bits per heavy atom. The van der Waals surface area contributed by atoms with E-state index in [9.17, 15) is 0 Å². The minimum absolute atomic E-state index is 0.733. The molecule has 0 aliphatic rings. The summed E-state index contributed by atoms with van der Waals surface area (Å²) in [5, 5.41) is 0.733. The van der Waals surface area contributed by atoms with Crippen molar-refractivity contribution in [1.29, 1.82) is 0 Å². The standard InChI is InChI=1S/C17H14BrClN2/c1-10-3-8-14(18)11(2)16(10)17-20-9-15(21-17)12-4-6-13(19)7-5-12/h3-9H,1-2H3,(H,20,21). The molecule has 4 heteroatoms. The van der Waals surface area contributed by atoms with Crippen LogP contribution in [-0.2, 0) is 0 Å². The minimum Gasteiger partial charge on any atom is -0.338 e. The molecule has 106 valence electrons. The van der Waals surface area contributed by atoms with Gasteiger partial charge in [-0.05, 0) is 48.7 Å². The van der Waals surface area contributed by atoms with Crippen LogP contribution in [0.3, 0.4) is 0 Å². The Bertz CT molecular complexity index is 791. The molecule has 3 aromatic rings. The van der Waals surface area contributed by atoms with Gasteiger partial charge in [0.2, 0.25) is 0 Å². The third-order valence-electron chi connectivity index (χ3n) is 3.58. The zero-order chi connectivity index (χ0) is 15.0. The SMILES string of the molecule is Cc1ccc(Br)c(C)c1-c1ncc(-c2ccc(Cl)cc2)[nH]1. The van der Waals surface area contributed by atoms with Gasteiger partial charge >= 0.3 is 0 Å². The summed E-state index contributed by atoms with van der Waals surface area (Å²) in [6.45, 7) is 4.19. The monoisotopic (exact) mass is 360 g/mol. The van der Waals surface area contributed by atoms with Gasteiger partial charge in [0.05, 0.1) is 11.9 Å². The normalized spacial score (nSPS) is 10.9. The second-order valence-corrected chi connectivity index (χ2v) is 6.31. The van der Waals surface area contributed by atoms with Crippen LogP contribution in [0.1, 0.15) is 11.1 Å². The number of hydrogen-bond donors (Lipinski definition) is 1. The van der Waals surface area contributed by atoms with E-state index in [1.54, 1.807) is 0 Å². The lowest BCUT2D eigenvalue weighted by Crippen LogP contribution is -1.91. The summed E-state index contributed by atoms with van der Waals surface area (Å²) < 4.78 is 1.09. The van der Waals surface area contributed by atoms with Gasteiger partial charge in [-0.1, -0.05) is 45.7 Å². The fraction of sp³-hybridized carbons (Fsp3) is 0.118. The highest BCUT2D eigenvalue weighted by Gasteiger charge is 2.12. The van der Waals surface area contributed by atoms with Gasteiger partial charge in [-0.25, -0.2) is 4.98 Å². The van der Waals surface area contributed by atoms with Crippen molar-refractivity contribution in [2.75, 3.05) is 0 Å². The number of aromatic nitrogens is 2. The summed E-state index contributed by atoms with van der Waals surface area (Å²) in [7, 11) is 0. The third-order valence-corrected chi connectivity index (χ3v) is 4.69. The maximum Gasteiger partial charge on any atom is 0.138 e. The lowest BCUT2D eigenvalue weighted by Gasteiger charge is -2.09. The molecule has 0 saturated heterocycles. The van der Waals surface area contributed by atoms with E-state index in [4.69, 9.17) is 11.6 Å². The first-order valence-corrected chi connectivity index (χ1v) is 7.80. The predicted octanol–water partition coefficient (Wildman–Crippen LogP) is 5.78. The van der Waals surface area contributed by atoms with E-state index in [1.165, 1.54) is 11.1 Å². The summed E-state index contributed by atoms with van der Waals surface area (Å²) in [5.41, 5.74) is 5.59. The van der Waals surface area contributed by atoms with Crippen LogP contribution in [0.25, 0.3) is 22.6 Å². The van der Waals surface area contributed by atoms with Gasteiger partial charge in [-0.2, -0.15) is 0 Å². The molecule has 0 bridgehead atoms. The number of nitrogens with zero attached hydrogens (tertiary/aromatic N) is 1. The average molecular weight is 362 g/mol. The van der Waals surface area contributed by atoms with Gasteiger partial charge < -0.3 is 4.98 Å². The molecule has 0 spiro atoms. The maximum atomic E-state index is 5.93. The molecule has 1 N–H and O–H groups in total. The molecule has 2 aromatic carbocycles. The van der Waals surface area contributed by atoms with Crippen molar-refractivity contribution in [3.8, 4) is 22.6 Å². The Labute approximate surface area is 137 Å². The molecule has 1 aromatic heterocycles. The lowest BCUT2D eigenvalue weighted by atomic mass is 10.0. The molecule has 0 saturated carbocycles. The van der Waals surface area contributed by atoms with Crippen LogP contribution in [-0.4, -0.2) is 9.97 Å². The molecule has 0 aliphatic heterocycles. The summed E-state index contributed by atoms with van der Waals surface area (Å²) >= 11 is 9.51. The molecule has 1 heterocycles. The summed E-state index contributed by atoms with van der Waals surface area (Å²) in [4.78, 5) is 7.94. The number of halogens is 2. The van der Waals surface area contributed by atoms with E-state index in [0.717, 1.165) is 32.1 Å². The molecular weight excluding hydrogens is 348 g/mol. The highest BCUT2D eigenvalue weighted by atomic mass is 79.9. The van der Waals surface area contributed by atoms with Crippen LogP contribution < -0.4 is 0 Å². The first-order valence-electron chi connectivity index (χ1n) is 6.63. The van der Waals surface area contributed by atoms with Crippen LogP contribution >= 0.6 is 27.5 Å². The fourth-order valence-electron chi connectivity index (χ4n) is 2.41. The highest BCUT2D eigenvalue weighted by Crippen LogP contribution is 2.31. The van der Waals surface area contributed by atoms with Crippen molar-refractivity contribution in [3.63, 3.8) is 0 Å². The van der Waals surface area contributed by atoms with E-state index in [-0.39, 0.29) is 0 Å². The molecule has 3 rings (SSSR count). The Balaban J connectivity index is 2.07. The Morgan fingerprint density at radius 1 is 1.05 bits per heavy atom. The molecule has 21 heavy (non-hydrogen) atoms. The van der Waals surface area contributed by atoms with Crippen molar-refractivity contribution < 1.29 is 0 Å². The van der Waals surface area contributed by atoms with Crippen molar-refractivity contribution in [2.24, 2.45) is 0 Å². The average Bonchev–Trinajstić information content (AvgIpc) is 2.94. The molecular formula is C17H14BrClN2. The van der Waals surface area contributed by atoms with E-state index in [1.807, 2.05) is 30.5 Å². The molecule has 0 fully saturated rings. The van der Waals surface area contributed by atoms with Crippen LogP contribution in [0.4, 0.5) is 0 Å². The second-order valence-electron chi connectivity index (χ2n) is 5.02. The van der Waals surface area contributed by atoms with Crippen LogP contribution in [0.15, 0.2) is 47.1 Å². The number of aryl methyl sites for hydroxylation is 1. The molecule has 0 unspecified atom stereocenters. The van der Waals surface area contributed by atoms with Gasteiger partial charge in [-0.15, -0.1) is 0 Å². The van der Waals surface area contributed by atoms with Crippen molar-refractivity contribution >= 4 is 27.5 Å². The lowest BCUT2D eigenvalue weighted by molar-refractivity contribution is 1.25.